The Kier molecular flexibility index (Phi) is 2.82. The summed E-state index contributed by atoms with van der Waals surface area (Å²) in [6.45, 7) is 9.18. The highest BCUT2D eigenvalue weighted by atomic mass is 16.8. The van der Waals surface area contributed by atoms with E-state index in [1.54, 1.807) is 11.1 Å². The third-order valence-corrected chi connectivity index (χ3v) is 8.41. The predicted molar refractivity (Wildman–Crippen MR) is 89.2 cm³/mol. The highest BCUT2D eigenvalue weighted by molar-refractivity contribution is 5.39. The third-order valence-electron chi connectivity index (χ3n) is 8.41. The number of hydrogen-bond acceptors (Lipinski definition) is 4. The van der Waals surface area contributed by atoms with Gasteiger partial charge in [0.25, 0.3) is 0 Å². The lowest BCUT2D eigenvalue weighted by Gasteiger charge is -2.58. The average molecular weight is 334 g/mol. The molecule has 2 bridgehead atoms. The third kappa shape index (κ3) is 1.48. The zero-order chi connectivity index (χ0) is 17.1. The van der Waals surface area contributed by atoms with Crippen molar-refractivity contribution in [3.8, 4) is 0 Å². The predicted octanol–water partition coefficient (Wildman–Crippen LogP) is 2.78. The van der Waals surface area contributed by atoms with E-state index < -0.39 is 11.4 Å². The van der Waals surface area contributed by atoms with Gasteiger partial charge >= 0.3 is 0 Å². The van der Waals surface area contributed by atoms with Crippen LogP contribution in [-0.2, 0) is 9.47 Å². The van der Waals surface area contributed by atoms with Crippen LogP contribution in [0.15, 0.2) is 11.1 Å². The summed E-state index contributed by atoms with van der Waals surface area (Å²) in [7, 11) is 0. The molecule has 2 N–H and O–H groups in total. The summed E-state index contributed by atoms with van der Waals surface area (Å²) in [5.74, 6) is -0.334. The van der Waals surface area contributed by atoms with E-state index in [4.69, 9.17) is 9.47 Å². The van der Waals surface area contributed by atoms with Crippen molar-refractivity contribution < 1.29 is 19.7 Å². The lowest BCUT2D eigenvalue weighted by Crippen LogP contribution is -2.61. The summed E-state index contributed by atoms with van der Waals surface area (Å²) < 4.78 is 12.0. The van der Waals surface area contributed by atoms with Gasteiger partial charge in [-0.3, -0.25) is 0 Å². The monoisotopic (exact) mass is 334 g/mol. The van der Waals surface area contributed by atoms with E-state index in [0.717, 1.165) is 19.3 Å². The van der Waals surface area contributed by atoms with Crippen LogP contribution in [0.4, 0.5) is 0 Å². The quantitative estimate of drug-likeness (QED) is 0.602. The van der Waals surface area contributed by atoms with Crippen LogP contribution in [0.5, 0.6) is 0 Å². The molecule has 0 unspecified atom stereocenters. The van der Waals surface area contributed by atoms with Gasteiger partial charge in [0.15, 0.2) is 0 Å². The standard InChI is InChI=1S/C20H30O4/c1-11(2)12-5-6-17(3)7-8-18(4)13(15(12)17)9-14-19(10-21)16(24-19)20(18,22)23-14/h11,13-14,16,21-22H,5-10H2,1-4H3/t13-,14-,16-,17-,18-,19-,20-/m1/s1. The maximum absolute atomic E-state index is 11.5. The summed E-state index contributed by atoms with van der Waals surface area (Å²) in [6.07, 6.45) is 4.86. The molecule has 0 radical (unpaired) electrons. The lowest BCUT2D eigenvalue weighted by molar-refractivity contribution is -0.335. The Labute approximate surface area is 144 Å². The molecule has 0 spiro atoms. The van der Waals surface area contributed by atoms with Crippen LogP contribution < -0.4 is 0 Å². The van der Waals surface area contributed by atoms with Crippen molar-refractivity contribution in [3.05, 3.63) is 11.1 Å². The average Bonchev–Trinajstić information content (AvgIpc) is 3.13. The Morgan fingerprint density at radius 2 is 1.92 bits per heavy atom. The highest BCUT2D eigenvalue weighted by Gasteiger charge is 2.84. The topological polar surface area (TPSA) is 62.2 Å². The Balaban J connectivity index is 1.66. The number of ether oxygens (including phenoxy) is 2. The molecule has 7 atom stereocenters. The molecular weight excluding hydrogens is 304 g/mol. The normalized spacial score (nSPS) is 57.9. The number of aliphatic hydroxyl groups is 2. The van der Waals surface area contributed by atoms with E-state index in [2.05, 4.69) is 27.7 Å². The zero-order valence-corrected chi connectivity index (χ0v) is 15.3. The van der Waals surface area contributed by atoms with Crippen molar-refractivity contribution in [3.63, 3.8) is 0 Å². The van der Waals surface area contributed by atoms with Gasteiger partial charge in [0.05, 0.1) is 12.7 Å². The second-order valence-electron chi connectivity index (χ2n) is 9.77. The van der Waals surface area contributed by atoms with Crippen LogP contribution in [0.2, 0.25) is 0 Å². The molecule has 0 aromatic rings. The minimum atomic E-state index is -1.25. The summed E-state index contributed by atoms with van der Waals surface area (Å²) in [4.78, 5) is 0. The van der Waals surface area contributed by atoms with E-state index in [1.165, 1.54) is 12.8 Å². The molecule has 4 fully saturated rings. The van der Waals surface area contributed by atoms with Crippen molar-refractivity contribution in [2.75, 3.05) is 6.61 Å². The number of fused-ring (bicyclic) bond motifs is 9. The first kappa shape index (κ1) is 15.8. The fraction of sp³-hybridized carbons (Fsp3) is 0.900. The van der Waals surface area contributed by atoms with Gasteiger partial charge in [-0.1, -0.05) is 38.8 Å². The molecule has 0 aromatic carbocycles. The van der Waals surface area contributed by atoms with Crippen molar-refractivity contribution in [1.29, 1.82) is 0 Å². The molecule has 134 valence electrons. The largest absolute Gasteiger partial charge is 0.393 e. The maximum Gasteiger partial charge on any atom is 0.201 e. The minimum Gasteiger partial charge on any atom is -0.393 e. The number of epoxide rings is 1. The Bertz CT molecular complexity index is 642. The molecule has 5 aliphatic rings. The van der Waals surface area contributed by atoms with E-state index >= 15 is 0 Å². The molecule has 4 nitrogen and oxygen atoms in total. The van der Waals surface area contributed by atoms with Crippen molar-refractivity contribution in [2.45, 2.75) is 83.4 Å². The lowest BCUT2D eigenvalue weighted by atomic mass is 9.52. The van der Waals surface area contributed by atoms with E-state index in [9.17, 15) is 10.2 Å². The van der Waals surface area contributed by atoms with Gasteiger partial charge < -0.3 is 19.7 Å². The van der Waals surface area contributed by atoms with Crippen LogP contribution in [0.25, 0.3) is 0 Å². The fourth-order valence-electron chi connectivity index (χ4n) is 6.74. The van der Waals surface area contributed by atoms with E-state index in [0.29, 0.717) is 11.8 Å². The molecule has 0 amide bonds. The van der Waals surface area contributed by atoms with Gasteiger partial charge in [-0.25, -0.2) is 0 Å². The van der Waals surface area contributed by atoms with Crippen molar-refractivity contribution in [2.24, 2.45) is 22.7 Å². The number of aliphatic hydroxyl groups excluding tert-OH is 1. The molecule has 5 rings (SSSR count). The summed E-state index contributed by atoms with van der Waals surface area (Å²) in [6, 6.07) is 0. The van der Waals surface area contributed by atoms with Crippen molar-refractivity contribution in [1.82, 2.24) is 0 Å². The molecule has 3 heterocycles. The Morgan fingerprint density at radius 3 is 2.58 bits per heavy atom. The van der Waals surface area contributed by atoms with Gasteiger partial charge in [-0.15, -0.1) is 0 Å². The van der Waals surface area contributed by atoms with Crippen molar-refractivity contribution >= 4 is 0 Å². The van der Waals surface area contributed by atoms with Crippen LogP contribution >= 0.6 is 0 Å². The second-order valence-corrected chi connectivity index (χ2v) is 9.77. The minimum absolute atomic E-state index is 0.0548. The van der Waals surface area contributed by atoms with Gasteiger partial charge in [0, 0.05) is 5.41 Å². The molecule has 2 aliphatic carbocycles. The molecule has 4 heteroatoms. The van der Waals surface area contributed by atoms with Crippen LogP contribution in [0, 0.1) is 22.7 Å². The summed E-state index contributed by atoms with van der Waals surface area (Å²) in [5, 5.41) is 21.4. The molecule has 3 saturated heterocycles. The first-order chi connectivity index (χ1) is 11.2. The molecular formula is C20H30O4. The number of allylic oxidation sites excluding steroid dienone is 2. The molecule has 0 aromatic heterocycles. The first-order valence-corrected chi connectivity index (χ1v) is 9.64. The van der Waals surface area contributed by atoms with Gasteiger partial charge in [0.1, 0.15) is 11.7 Å². The maximum atomic E-state index is 11.5. The highest BCUT2D eigenvalue weighted by Crippen LogP contribution is 2.73. The molecule has 3 aliphatic heterocycles. The zero-order valence-electron chi connectivity index (χ0n) is 15.3. The molecule has 24 heavy (non-hydrogen) atoms. The van der Waals surface area contributed by atoms with Crippen LogP contribution in [-0.4, -0.2) is 40.4 Å². The van der Waals surface area contributed by atoms with Gasteiger partial charge in [0.2, 0.25) is 5.79 Å². The number of rotatable bonds is 2. The van der Waals surface area contributed by atoms with Crippen LogP contribution in [0.1, 0.15) is 59.8 Å². The first-order valence-electron chi connectivity index (χ1n) is 9.64. The smallest absolute Gasteiger partial charge is 0.201 e. The van der Waals surface area contributed by atoms with Gasteiger partial charge in [-0.05, 0) is 49.4 Å². The van der Waals surface area contributed by atoms with Crippen LogP contribution in [0.3, 0.4) is 0 Å². The number of hydrogen-bond donors (Lipinski definition) is 2. The van der Waals surface area contributed by atoms with E-state index in [-0.39, 0.29) is 29.6 Å². The summed E-state index contributed by atoms with van der Waals surface area (Å²) in [5.41, 5.74) is 2.55. The second kappa shape index (κ2) is 4.28. The summed E-state index contributed by atoms with van der Waals surface area (Å²) >= 11 is 0. The van der Waals surface area contributed by atoms with E-state index in [1.807, 2.05) is 0 Å². The fourth-order valence-corrected chi connectivity index (χ4v) is 6.74. The van der Waals surface area contributed by atoms with Gasteiger partial charge in [-0.2, -0.15) is 0 Å². The SMILES string of the molecule is CC(C)C1=C2[C@H]3C[C@H]4O[C@](O)([C@@H]5O[C@@]54CO)[C@]3(C)CC[C@@]2(C)CC1. The molecule has 1 saturated carbocycles. The Morgan fingerprint density at radius 1 is 1.17 bits per heavy atom. The Hall–Kier alpha value is -0.420.